The first-order valence-electron chi connectivity index (χ1n) is 6.45. The van der Waals surface area contributed by atoms with Gasteiger partial charge in [-0.05, 0) is 54.3 Å². The zero-order valence-electron chi connectivity index (χ0n) is 11.9. The SMILES string of the molecule is CC=Cc1ccc(C)c(-c2cccc(S(C)(=O)=O)c2)c1. The van der Waals surface area contributed by atoms with Crippen LogP contribution >= 0.6 is 0 Å². The van der Waals surface area contributed by atoms with Gasteiger partial charge in [-0.15, -0.1) is 0 Å². The lowest BCUT2D eigenvalue weighted by atomic mass is 9.98. The van der Waals surface area contributed by atoms with Crippen LogP contribution in [-0.2, 0) is 9.84 Å². The van der Waals surface area contributed by atoms with E-state index in [1.165, 1.54) is 6.26 Å². The highest BCUT2D eigenvalue weighted by Crippen LogP contribution is 2.27. The van der Waals surface area contributed by atoms with Crippen LogP contribution in [0.4, 0.5) is 0 Å². The number of sulfone groups is 1. The molecule has 0 saturated heterocycles. The van der Waals surface area contributed by atoms with Crippen molar-refractivity contribution in [2.45, 2.75) is 18.7 Å². The van der Waals surface area contributed by atoms with Crippen molar-refractivity contribution in [3.63, 3.8) is 0 Å². The Labute approximate surface area is 120 Å². The van der Waals surface area contributed by atoms with Crippen LogP contribution in [0.2, 0.25) is 0 Å². The van der Waals surface area contributed by atoms with Gasteiger partial charge in [-0.3, -0.25) is 0 Å². The second-order valence-corrected chi connectivity index (χ2v) is 6.89. The first-order chi connectivity index (χ1) is 9.41. The van der Waals surface area contributed by atoms with Crippen molar-refractivity contribution in [3.05, 3.63) is 59.7 Å². The third-order valence-electron chi connectivity index (χ3n) is 3.19. The number of rotatable bonds is 3. The van der Waals surface area contributed by atoms with Gasteiger partial charge in [0.05, 0.1) is 4.90 Å². The lowest BCUT2D eigenvalue weighted by Crippen LogP contribution is -1.97. The Morgan fingerprint density at radius 2 is 1.80 bits per heavy atom. The Balaban J connectivity index is 2.59. The van der Waals surface area contributed by atoms with Gasteiger partial charge in [0.2, 0.25) is 0 Å². The van der Waals surface area contributed by atoms with Gasteiger partial charge in [-0.1, -0.05) is 36.4 Å². The summed E-state index contributed by atoms with van der Waals surface area (Å²) < 4.78 is 23.3. The van der Waals surface area contributed by atoms with E-state index in [1.807, 2.05) is 32.1 Å². The highest BCUT2D eigenvalue weighted by molar-refractivity contribution is 7.90. The number of aryl methyl sites for hydroxylation is 1. The van der Waals surface area contributed by atoms with Crippen molar-refractivity contribution >= 4 is 15.9 Å². The monoisotopic (exact) mass is 286 g/mol. The third-order valence-corrected chi connectivity index (χ3v) is 4.30. The third kappa shape index (κ3) is 3.17. The van der Waals surface area contributed by atoms with Gasteiger partial charge in [0.1, 0.15) is 0 Å². The van der Waals surface area contributed by atoms with E-state index in [2.05, 4.69) is 18.2 Å². The van der Waals surface area contributed by atoms with E-state index in [-0.39, 0.29) is 0 Å². The van der Waals surface area contributed by atoms with E-state index < -0.39 is 9.84 Å². The lowest BCUT2D eigenvalue weighted by molar-refractivity contribution is 0.602. The zero-order chi connectivity index (χ0) is 14.8. The molecule has 0 radical (unpaired) electrons. The van der Waals surface area contributed by atoms with Crippen LogP contribution < -0.4 is 0 Å². The molecule has 0 aliphatic carbocycles. The molecule has 0 amide bonds. The number of hydrogen-bond donors (Lipinski definition) is 0. The number of hydrogen-bond acceptors (Lipinski definition) is 2. The molecular weight excluding hydrogens is 268 g/mol. The fourth-order valence-corrected chi connectivity index (χ4v) is 2.81. The topological polar surface area (TPSA) is 34.1 Å². The maximum atomic E-state index is 11.7. The summed E-state index contributed by atoms with van der Waals surface area (Å²) in [5.41, 5.74) is 4.23. The smallest absolute Gasteiger partial charge is 0.175 e. The van der Waals surface area contributed by atoms with Crippen LogP contribution in [0.5, 0.6) is 0 Å². The van der Waals surface area contributed by atoms with Crippen molar-refractivity contribution in [3.8, 4) is 11.1 Å². The number of benzene rings is 2. The molecule has 2 aromatic carbocycles. The number of allylic oxidation sites excluding steroid dienone is 1. The van der Waals surface area contributed by atoms with E-state index >= 15 is 0 Å². The van der Waals surface area contributed by atoms with Gasteiger partial charge < -0.3 is 0 Å². The average Bonchev–Trinajstić information content (AvgIpc) is 2.40. The molecule has 2 aromatic rings. The van der Waals surface area contributed by atoms with Crippen molar-refractivity contribution in [1.29, 1.82) is 0 Å². The molecule has 0 saturated carbocycles. The second-order valence-electron chi connectivity index (χ2n) is 4.87. The molecule has 3 heteroatoms. The molecule has 0 atom stereocenters. The van der Waals surface area contributed by atoms with Crippen molar-refractivity contribution < 1.29 is 8.42 Å². The summed E-state index contributed by atoms with van der Waals surface area (Å²) in [6.45, 7) is 4.01. The largest absolute Gasteiger partial charge is 0.224 e. The van der Waals surface area contributed by atoms with Crippen LogP contribution in [0.25, 0.3) is 17.2 Å². The van der Waals surface area contributed by atoms with Gasteiger partial charge >= 0.3 is 0 Å². The molecule has 20 heavy (non-hydrogen) atoms. The molecule has 2 nitrogen and oxygen atoms in total. The van der Waals surface area contributed by atoms with Gasteiger partial charge in [-0.2, -0.15) is 0 Å². The summed E-state index contributed by atoms with van der Waals surface area (Å²) in [4.78, 5) is 0.353. The Hall–Kier alpha value is -1.87. The Kier molecular flexibility index (Phi) is 4.09. The lowest BCUT2D eigenvalue weighted by Gasteiger charge is -2.09. The minimum Gasteiger partial charge on any atom is -0.224 e. The molecule has 0 fully saturated rings. The summed E-state index contributed by atoms with van der Waals surface area (Å²) in [5, 5.41) is 0. The maximum absolute atomic E-state index is 11.7. The van der Waals surface area contributed by atoms with Crippen molar-refractivity contribution in [2.75, 3.05) is 6.26 Å². The molecule has 0 unspecified atom stereocenters. The first kappa shape index (κ1) is 14.5. The molecule has 0 bridgehead atoms. The van der Waals surface area contributed by atoms with Crippen LogP contribution in [0, 0.1) is 6.92 Å². The quantitative estimate of drug-likeness (QED) is 0.851. The highest BCUT2D eigenvalue weighted by Gasteiger charge is 2.09. The van der Waals surface area contributed by atoms with E-state index in [1.54, 1.807) is 18.2 Å². The van der Waals surface area contributed by atoms with Crippen molar-refractivity contribution in [2.24, 2.45) is 0 Å². The Morgan fingerprint density at radius 3 is 2.45 bits per heavy atom. The highest BCUT2D eigenvalue weighted by atomic mass is 32.2. The summed E-state index contributed by atoms with van der Waals surface area (Å²) in [6.07, 6.45) is 5.25. The molecular formula is C17H18O2S. The van der Waals surface area contributed by atoms with Crippen molar-refractivity contribution in [1.82, 2.24) is 0 Å². The normalized spacial score (nSPS) is 11.9. The van der Waals surface area contributed by atoms with E-state index in [0.717, 1.165) is 22.3 Å². The van der Waals surface area contributed by atoms with E-state index in [9.17, 15) is 8.42 Å². The summed E-state index contributed by atoms with van der Waals surface area (Å²) in [6, 6.07) is 13.3. The molecule has 0 N–H and O–H groups in total. The molecule has 0 heterocycles. The maximum Gasteiger partial charge on any atom is 0.175 e. The standard InChI is InChI=1S/C17H18O2S/c1-4-6-14-10-9-13(2)17(11-14)15-7-5-8-16(12-15)20(3,18)19/h4-12H,1-3H3. The fourth-order valence-electron chi connectivity index (χ4n) is 2.14. The molecule has 104 valence electrons. The second kappa shape index (κ2) is 5.63. The van der Waals surface area contributed by atoms with E-state index in [4.69, 9.17) is 0 Å². The molecule has 0 aromatic heterocycles. The molecule has 0 aliphatic rings. The van der Waals surface area contributed by atoms with Crippen LogP contribution in [-0.4, -0.2) is 14.7 Å². The van der Waals surface area contributed by atoms with Crippen LogP contribution in [0.3, 0.4) is 0 Å². The van der Waals surface area contributed by atoms with Crippen LogP contribution in [0.1, 0.15) is 18.1 Å². The van der Waals surface area contributed by atoms with Gasteiger partial charge in [0.15, 0.2) is 9.84 Å². The molecule has 2 rings (SSSR count). The minimum atomic E-state index is -3.18. The predicted octanol–water partition coefficient (Wildman–Crippen LogP) is 4.10. The average molecular weight is 286 g/mol. The van der Waals surface area contributed by atoms with Gasteiger partial charge in [0, 0.05) is 6.26 Å². The Morgan fingerprint density at radius 1 is 1.05 bits per heavy atom. The Bertz CT molecular complexity index is 756. The van der Waals surface area contributed by atoms with Gasteiger partial charge in [-0.25, -0.2) is 8.42 Å². The summed E-state index contributed by atoms with van der Waals surface area (Å²) in [7, 11) is -3.18. The minimum absolute atomic E-state index is 0.353. The predicted molar refractivity (Wildman–Crippen MR) is 84.4 cm³/mol. The zero-order valence-corrected chi connectivity index (χ0v) is 12.7. The first-order valence-corrected chi connectivity index (χ1v) is 8.35. The molecule has 0 aliphatic heterocycles. The van der Waals surface area contributed by atoms with Crippen LogP contribution in [0.15, 0.2) is 53.4 Å². The molecule has 0 spiro atoms. The summed E-state index contributed by atoms with van der Waals surface area (Å²) >= 11 is 0. The fraction of sp³-hybridized carbons (Fsp3) is 0.176. The van der Waals surface area contributed by atoms with E-state index in [0.29, 0.717) is 4.90 Å². The summed E-state index contributed by atoms with van der Waals surface area (Å²) in [5.74, 6) is 0. The van der Waals surface area contributed by atoms with Gasteiger partial charge in [0.25, 0.3) is 0 Å².